The minimum Gasteiger partial charge on any atom is -0.496 e. The van der Waals surface area contributed by atoms with Gasteiger partial charge in [0, 0.05) is 6.07 Å². The van der Waals surface area contributed by atoms with Crippen molar-refractivity contribution < 1.29 is 4.74 Å². The zero-order chi connectivity index (χ0) is 11.1. The first kappa shape index (κ1) is 12.1. The van der Waals surface area contributed by atoms with Crippen LogP contribution in [-0.4, -0.2) is 7.11 Å². The lowest BCUT2D eigenvalue weighted by molar-refractivity contribution is 0.407. The monoisotopic (exact) mass is 205 g/mol. The van der Waals surface area contributed by atoms with Crippen molar-refractivity contribution in [1.29, 1.82) is 0 Å². The first-order valence-corrected chi connectivity index (χ1v) is 5.89. The van der Waals surface area contributed by atoms with Crippen molar-refractivity contribution in [2.75, 3.05) is 7.11 Å². The number of aryl methyl sites for hydroxylation is 1. The lowest BCUT2D eigenvalue weighted by Gasteiger charge is -2.12. The molecular formula is C14H21O. The molecule has 1 radical (unpaired) electrons. The summed E-state index contributed by atoms with van der Waals surface area (Å²) in [5, 5.41) is 0. The number of hydrogen-bond acceptors (Lipinski definition) is 1. The zero-order valence-electron chi connectivity index (χ0n) is 10.1. The maximum Gasteiger partial charge on any atom is 0.130 e. The normalized spacial score (nSPS) is 10.3. The van der Waals surface area contributed by atoms with E-state index in [1.54, 1.807) is 7.11 Å². The predicted molar refractivity (Wildman–Crippen MR) is 64.4 cm³/mol. The van der Waals surface area contributed by atoms with E-state index in [1.807, 2.05) is 6.07 Å². The van der Waals surface area contributed by atoms with Crippen molar-refractivity contribution in [3.05, 3.63) is 29.3 Å². The second-order valence-electron chi connectivity index (χ2n) is 3.87. The fraction of sp³-hybridized carbons (Fsp3) is 0.571. The summed E-state index contributed by atoms with van der Waals surface area (Å²) in [6.07, 6.45) is 5.92. The van der Waals surface area contributed by atoms with E-state index < -0.39 is 0 Å². The molecule has 0 fully saturated rings. The topological polar surface area (TPSA) is 9.23 Å². The van der Waals surface area contributed by atoms with Crippen LogP contribution >= 0.6 is 0 Å². The quantitative estimate of drug-likeness (QED) is 0.686. The number of unbranched alkanes of at least 4 members (excludes halogenated alkanes) is 1. The molecular weight excluding hydrogens is 184 g/mol. The fourth-order valence-electron chi connectivity index (χ4n) is 1.86. The van der Waals surface area contributed by atoms with Crippen molar-refractivity contribution in [2.45, 2.75) is 46.0 Å². The first-order chi connectivity index (χ1) is 7.33. The van der Waals surface area contributed by atoms with Crippen LogP contribution in [-0.2, 0) is 12.8 Å². The van der Waals surface area contributed by atoms with Crippen molar-refractivity contribution in [1.82, 2.24) is 0 Å². The van der Waals surface area contributed by atoms with Gasteiger partial charge in [0.1, 0.15) is 5.75 Å². The molecule has 1 aromatic rings. The number of methoxy groups -OCH3 is 1. The van der Waals surface area contributed by atoms with Gasteiger partial charge in [0.2, 0.25) is 0 Å². The smallest absolute Gasteiger partial charge is 0.130 e. The summed E-state index contributed by atoms with van der Waals surface area (Å²) in [5.74, 6) is 0.936. The number of ether oxygens (including phenoxy) is 1. The lowest BCUT2D eigenvalue weighted by Crippen LogP contribution is -1.98. The van der Waals surface area contributed by atoms with Gasteiger partial charge < -0.3 is 4.74 Å². The average molecular weight is 205 g/mol. The third-order valence-corrected chi connectivity index (χ3v) is 2.66. The number of rotatable bonds is 6. The van der Waals surface area contributed by atoms with Gasteiger partial charge in [0.15, 0.2) is 0 Å². The van der Waals surface area contributed by atoms with Gasteiger partial charge in [-0.2, -0.15) is 0 Å². The van der Waals surface area contributed by atoms with E-state index in [1.165, 1.54) is 24.0 Å². The molecule has 0 unspecified atom stereocenters. The molecule has 15 heavy (non-hydrogen) atoms. The zero-order valence-corrected chi connectivity index (χ0v) is 10.1. The fourth-order valence-corrected chi connectivity index (χ4v) is 1.86. The first-order valence-electron chi connectivity index (χ1n) is 5.89. The average Bonchev–Trinajstić information content (AvgIpc) is 2.28. The highest BCUT2D eigenvalue weighted by Gasteiger charge is 2.07. The summed E-state index contributed by atoms with van der Waals surface area (Å²) in [6.45, 7) is 4.43. The van der Waals surface area contributed by atoms with E-state index in [0.29, 0.717) is 0 Å². The van der Waals surface area contributed by atoms with Crippen LogP contribution in [0.25, 0.3) is 0 Å². The second-order valence-corrected chi connectivity index (χ2v) is 3.87. The minimum atomic E-state index is 0.936. The summed E-state index contributed by atoms with van der Waals surface area (Å²) in [4.78, 5) is 0. The molecule has 1 nitrogen and oxygen atoms in total. The van der Waals surface area contributed by atoms with Crippen LogP contribution in [0.2, 0.25) is 0 Å². The Balaban J connectivity index is 2.90. The summed E-state index contributed by atoms with van der Waals surface area (Å²) in [5.41, 5.74) is 2.80. The Morgan fingerprint density at radius 1 is 1.20 bits per heavy atom. The molecule has 1 rings (SSSR count). The van der Waals surface area contributed by atoms with E-state index in [2.05, 4.69) is 26.0 Å². The largest absolute Gasteiger partial charge is 0.496 e. The van der Waals surface area contributed by atoms with E-state index >= 15 is 0 Å². The molecule has 0 saturated carbocycles. The van der Waals surface area contributed by atoms with E-state index in [9.17, 15) is 0 Å². The molecule has 83 valence electrons. The molecule has 0 aliphatic heterocycles. The Bertz CT molecular complexity index is 291. The molecule has 0 aliphatic carbocycles. The molecule has 0 N–H and O–H groups in total. The van der Waals surface area contributed by atoms with Gasteiger partial charge in [-0.3, -0.25) is 0 Å². The Morgan fingerprint density at radius 2 is 2.00 bits per heavy atom. The third-order valence-electron chi connectivity index (χ3n) is 2.66. The SMILES string of the molecule is CCCCc1cc[c]c(OC)c1CCC. The molecule has 1 heteroatoms. The summed E-state index contributed by atoms with van der Waals surface area (Å²) in [7, 11) is 1.73. The molecule has 0 heterocycles. The molecule has 0 amide bonds. The molecule has 0 saturated heterocycles. The van der Waals surface area contributed by atoms with Crippen LogP contribution in [0.3, 0.4) is 0 Å². The molecule has 0 aromatic heterocycles. The standard InChI is InChI=1S/C14H21O/c1-4-6-9-12-10-7-11-14(15-3)13(12)8-5-2/h7,10H,4-6,8-9H2,1-3H3. The number of hydrogen-bond donors (Lipinski definition) is 0. The Morgan fingerprint density at radius 3 is 2.60 bits per heavy atom. The van der Waals surface area contributed by atoms with E-state index in [0.717, 1.165) is 25.0 Å². The van der Waals surface area contributed by atoms with Crippen LogP contribution in [0, 0.1) is 6.07 Å². The van der Waals surface area contributed by atoms with Gasteiger partial charge >= 0.3 is 0 Å². The van der Waals surface area contributed by atoms with Gasteiger partial charge in [-0.1, -0.05) is 38.8 Å². The van der Waals surface area contributed by atoms with Crippen molar-refractivity contribution in [2.24, 2.45) is 0 Å². The van der Waals surface area contributed by atoms with Crippen LogP contribution < -0.4 is 4.74 Å². The molecule has 0 aliphatic rings. The van der Waals surface area contributed by atoms with Crippen LogP contribution in [0.1, 0.15) is 44.2 Å². The van der Waals surface area contributed by atoms with Crippen molar-refractivity contribution in [3.8, 4) is 5.75 Å². The van der Waals surface area contributed by atoms with Crippen LogP contribution in [0.5, 0.6) is 5.75 Å². The highest BCUT2D eigenvalue weighted by molar-refractivity contribution is 5.39. The van der Waals surface area contributed by atoms with Gasteiger partial charge in [0.05, 0.1) is 7.11 Å². The van der Waals surface area contributed by atoms with Crippen LogP contribution in [0.15, 0.2) is 12.1 Å². The van der Waals surface area contributed by atoms with E-state index in [4.69, 9.17) is 4.74 Å². The predicted octanol–water partition coefficient (Wildman–Crippen LogP) is 3.79. The molecule has 0 bridgehead atoms. The Hall–Kier alpha value is -0.980. The third kappa shape index (κ3) is 3.26. The summed E-state index contributed by atoms with van der Waals surface area (Å²) >= 11 is 0. The second kappa shape index (κ2) is 6.49. The van der Waals surface area contributed by atoms with Crippen molar-refractivity contribution in [3.63, 3.8) is 0 Å². The van der Waals surface area contributed by atoms with Gasteiger partial charge in [-0.05, 0) is 30.4 Å². The Labute approximate surface area is 93.5 Å². The van der Waals surface area contributed by atoms with Crippen molar-refractivity contribution >= 4 is 0 Å². The summed E-state index contributed by atoms with van der Waals surface area (Å²) < 4.78 is 5.36. The molecule has 0 spiro atoms. The number of benzene rings is 1. The van der Waals surface area contributed by atoms with Gasteiger partial charge in [0.25, 0.3) is 0 Å². The maximum absolute atomic E-state index is 5.36. The highest BCUT2D eigenvalue weighted by Crippen LogP contribution is 2.24. The Kier molecular flexibility index (Phi) is 5.23. The van der Waals surface area contributed by atoms with Gasteiger partial charge in [-0.25, -0.2) is 0 Å². The van der Waals surface area contributed by atoms with Gasteiger partial charge in [-0.15, -0.1) is 0 Å². The summed E-state index contributed by atoms with van der Waals surface area (Å²) in [6, 6.07) is 7.32. The van der Waals surface area contributed by atoms with Crippen LogP contribution in [0.4, 0.5) is 0 Å². The maximum atomic E-state index is 5.36. The minimum absolute atomic E-state index is 0.936. The van der Waals surface area contributed by atoms with E-state index in [-0.39, 0.29) is 0 Å². The molecule has 0 atom stereocenters. The molecule has 1 aromatic carbocycles. The highest BCUT2D eigenvalue weighted by atomic mass is 16.5. The lowest BCUT2D eigenvalue weighted by atomic mass is 9.98.